The lowest BCUT2D eigenvalue weighted by Crippen LogP contribution is -2.39. The van der Waals surface area contributed by atoms with Gasteiger partial charge in [0, 0.05) is 36.8 Å². The number of hydrogen-bond donors (Lipinski definition) is 1. The predicted octanol–water partition coefficient (Wildman–Crippen LogP) is 0.456. The van der Waals surface area contributed by atoms with E-state index in [0.29, 0.717) is 24.9 Å². The van der Waals surface area contributed by atoms with E-state index >= 15 is 0 Å². The quantitative estimate of drug-likeness (QED) is 0.787. The molecular weight excluding hydrogens is 248 g/mol. The van der Waals surface area contributed by atoms with Crippen molar-refractivity contribution in [3.05, 3.63) is 33.2 Å². The van der Waals surface area contributed by atoms with Gasteiger partial charge in [0.2, 0.25) is 11.3 Å². The minimum Gasteiger partial charge on any atom is -0.465 e. The smallest absolute Gasteiger partial charge is 0.343 e. The van der Waals surface area contributed by atoms with E-state index in [1.165, 1.54) is 13.3 Å². The Balaban J connectivity index is 2.40. The van der Waals surface area contributed by atoms with Crippen LogP contribution in [0.1, 0.15) is 35.0 Å². The van der Waals surface area contributed by atoms with Crippen LogP contribution in [0.3, 0.4) is 0 Å². The van der Waals surface area contributed by atoms with E-state index in [1.807, 2.05) is 0 Å². The van der Waals surface area contributed by atoms with Gasteiger partial charge in [0.05, 0.1) is 13.7 Å². The maximum Gasteiger partial charge on any atom is 0.343 e. The molecule has 0 unspecified atom stereocenters. The summed E-state index contributed by atoms with van der Waals surface area (Å²) in [6, 6.07) is 0. The Labute approximate surface area is 110 Å². The van der Waals surface area contributed by atoms with Gasteiger partial charge in [-0.05, 0) is 0 Å². The molecule has 2 heterocycles. The number of amides is 1. The second-order valence-electron chi connectivity index (χ2n) is 4.40. The van der Waals surface area contributed by atoms with Gasteiger partial charge in [-0.25, -0.2) is 4.79 Å². The first-order chi connectivity index (χ1) is 9.08. The molecule has 0 saturated heterocycles. The van der Waals surface area contributed by atoms with Gasteiger partial charge in [0.1, 0.15) is 5.56 Å². The van der Waals surface area contributed by atoms with Crippen molar-refractivity contribution in [2.75, 3.05) is 13.7 Å². The Morgan fingerprint density at radius 2 is 2.21 bits per heavy atom. The first-order valence-corrected chi connectivity index (χ1v) is 6.18. The molecule has 0 aliphatic carbocycles. The molecule has 1 amide bonds. The Morgan fingerprint density at radius 3 is 2.84 bits per heavy atom. The van der Waals surface area contributed by atoms with E-state index in [4.69, 9.17) is 0 Å². The third-order valence-corrected chi connectivity index (χ3v) is 3.31. The van der Waals surface area contributed by atoms with Gasteiger partial charge >= 0.3 is 5.97 Å². The number of ether oxygens (including phenoxy) is 1. The van der Waals surface area contributed by atoms with E-state index in [2.05, 4.69) is 9.72 Å². The van der Waals surface area contributed by atoms with Crippen molar-refractivity contribution in [1.29, 1.82) is 0 Å². The fourth-order valence-corrected chi connectivity index (χ4v) is 2.22. The van der Waals surface area contributed by atoms with Gasteiger partial charge in [-0.2, -0.15) is 0 Å². The summed E-state index contributed by atoms with van der Waals surface area (Å²) in [7, 11) is 1.23. The standard InChI is InChI=1S/C13H16N2O4/c1-3-11(16)15-5-4-10-9(7-15)12(17)8(6-14-10)13(18)19-2/h6H,3-5,7H2,1-2H3,(H,14,17). The molecule has 0 atom stereocenters. The van der Waals surface area contributed by atoms with Crippen LogP contribution < -0.4 is 5.43 Å². The van der Waals surface area contributed by atoms with Crippen molar-refractivity contribution < 1.29 is 14.3 Å². The third-order valence-electron chi connectivity index (χ3n) is 3.31. The summed E-state index contributed by atoms with van der Waals surface area (Å²) in [6.45, 7) is 2.63. The maximum atomic E-state index is 12.2. The highest BCUT2D eigenvalue weighted by Crippen LogP contribution is 2.15. The van der Waals surface area contributed by atoms with Gasteiger partial charge in [-0.15, -0.1) is 0 Å². The summed E-state index contributed by atoms with van der Waals surface area (Å²) in [5, 5.41) is 0. The second-order valence-corrected chi connectivity index (χ2v) is 4.40. The van der Waals surface area contributed by atoms with E-state index in [1.54, 1.807) is 11.8 Å². The van der Waals surface area contributed by atoms with E-state index in [0.717, 1.165) is 5.69 Å². The topological polar surface area (TPSA) is 79.5 Å². The van der Waals surface area contributed by atoms with Crippen LogP contribution in [0.2, 0.25) is 0 Å². The lowest BCUT2D eigenvalue weighted by atomic mass is 10.0. The molecule has 6 nitrogen and oxygen atoms in total. The minimum atomic E-state index is -0.664. The van der Waals surface area contributed by atoms with Gasteiger partial charge < -0.3 is 14.6 Å². The first kappa shape index (κ1) is 13.3. The largest absolute Gasteiger partial charge is 0.465 e. The second kappa shape index (κ2) is 5.26. The Hall–Kier alpha value is -2.11. The number of carbonyl (C=O) groups excluding carboxylic acids is 2. The lowest BCUT2D eigenvalue weighted by Gasteiger charge is -2.28. The number of nitrogens with one attached hydrogen (secondary N) is 1. The number of esters is 1. The first-order valence-electron chi connectivity index (χ1n) is 6.18. The average Bonchev–Trinajstić information content (AvgIpc) is 2.45. The molecule has 0 radical (unpaired) electrons. The van der Waals surface area contributed by atoms with Crippen molar-refractivity contribution in [3.8, 4) is 0 Å². The van der Waals surface area contributed by atoms with Crippen molar-refractivity contribution in [2.45, 2.75) is 26.3 Å². The highest BCUT2D eigenvalue weighted by Gasteiger charge is 2.24. The molecule has 1 aromatic heterocycles. The average molecular weight is 264 g/mol. The number of carbonyl (C=O) groups is 2. The number of H-pyrrole nitrogens is 1. The Morgan fingerprint density at radius 1 is 1.47 bits per heavy atom. The number of pyridine rings is 1. The zero-order chi connectivity index (χ0) is 14.0. The maximum absolute atomic E-state index is 12.2. The van der Waals surface area contributed by atoms with Gasteiger partial charge in [0.15, 0.2) is 0 Å². The Bertz CT molecular complexity index is 576. The molecular formula is C13H16N2O4. The van der Waals surface area contributed by atoms with Crippen LogP contribution in [-0.4, -0.2) is 35.4 Å². The molecule has 1 aromatic rings. The van der Waals surface area contributed by atoms with Gasteiger partial charge in [0.25, 0.3) is 0 Å². The number of methoxy groups -OCH3 is 1. The van der Waals surface area contributed by atoms with Crippen molar-refractivity contribution in [3.63, 3.8) is 0 Å². The number of fused-ring (bicyclic) bond motifs is 1. The summed E-state index contributed by atoms with van der Waals surface area (Å²) >= 11 is 0. The van der Waals surface area contributed by atoms with Crippen molar-refractivity contribution >= 4 is 11.9 Å². The van der Waals surface area contributed by atoms with Crippen LogP contribution in [0.4, 0.5) is 0 Å². The summed E-state index contributed by atoms with van der Waals surface area (Å²) < 4.78 is 4.56. The molecule has 19 heavy (non-hydrogen) atoms. The zero-order valence-electron chi connectivity index (χ0n) is 11.0. The molecule has 0 spiro atoms. The molecule has 0 fully saturated rings. The van der Waals surface area contributed by atoms with Crippen LogP contribution in [0.25, 0.3) is 0 Å². The Kier molecular flexibility index (Phi) is 3.69. The summed E-state index contributed by atoms with van der Waals surface area (Å²) in [6.07, 6.45) is 2.38. The van der Waals surface area contributed by atoms with Crippen LogP contribution >= 0.6 is 0 Å². The predicted molar refractivity (Wildman–Crippen MR) is 67.8 cm³/mol. The van der Waals surface area contributed by atoms with Crippen molar-refractivity contribution in [1.82, 2.24) is 9.88 Å². The SMILES string of the molecule is CCC(=O)N1CCc2[nH]cc(C(=O)OC)c(=O)c2C1. The van der Waals surface area contributed by atoms with Crippen molar-refractivity contribution in [2.24, 2.45) is 0 Å². The van der Waals surface area contributed by atoms with Crippen LogP contribution in [0.5, 0.6) is 0 Å². The molecule has 0 saturated carbocycles. The fourth-order valence-electron chi connectivity index (χ4n) is 2.22. The molecule has 0 bridgehead atoms. The van der Waals surface area contributed by atoms with Crippen LogP contribution in [0, 0.1) is 0 Å². The third kappa shape index (κ3) is 2.38. The molecule has 2 rings (SSSR count). The van der Waals surface area contributed by atoms with Crippen LogP contribution in [0.15, 0.2) is 11.0 Å². The lowest BCUT2D eigenvalue weighted by molar-refractivity contribution is -0.131. The van der Waals surface area contributed by atoms with Gasteiger partial charge in [-0.3, -0.25) is 9.59 Å². The highest BCUT2D eigenvalue weighted by molar-refractivity contribution is 5.89. The summed E-state index contributed by atoms with van der Waals surface area (Å²) in [5.74, 6) is -0.656. The number of nitrogens with zero attached hydrogens (tertiary/aromatic N) is 1. The molecule has 1 aliphatic heterocycles. The number of aromatic nitrogens is 1. The summed E-state index contributed by atoms with van der Waals surface area (Å²) in [4.78, 5) is 40.0. The number of rotatable bonds is 2. The van der Waals surface area contributed by atoms with Crippen LogP contribution in [-0.2, 0) is 22.5 Å². The molecule has 1 aliphatic rings. The molecule has 0 aromatic carbocycles. The monoisotopic (exact) mass is 264 g/mol. The summed E-state index contributed by atoms with van der Waals surface area (Å²) in [5.41, 5.74) is 0.898. The fraction of sp³-hybridized carbons (Fsp3) is 0.462. The molecule has 102 valence electrons. The number of hydrogen-bond acceptors (Lipinski definition) is 4. The van der Waals surface area contributed by atoms with E-state index in [-0.39, 0.29) is 23.4 Å². The molecule has 6 heteroatoms. The van der Waals surface area contributed by atoms with E-state index in [9.17, 15) is 14.4 Å². The molecule has 1 N–H and O–H groups in total. The minimum absolute atomic E-state index is 0.00789. The number of aromatic amines is 1. The normalized spacial score (nSPS) is 13.9. The zero-order valence-corrected chi connectivity index (χ0v) is 11.0. The highest BCUT2D eigenvalue weighted by atomic mass is 16.5. The van der Waals surface area contributed by atoms with E-state index < -0.39 is 5.97 Å². The van der Waals surface area contributed by atoms with Gasteiger partial charge in [-0.1, -0.05) is 6.92 Å².